The standard InChI is InChI=1S/C25H24N2O3/c1-3-15-6-4-5-7-20(15)26-23(28)16-8-10-18(11-9-16)27-24(29)21-17-12-14(2)19(13-17)22(21)25(27)30/h4-12,17,19,21-22H,3,13H2,1-2H3,(H,26,28)/t17-,19+,21-,22+/m1/s1. The normalized spacial score (nSPS) is 26.7. The molecule has 4 atom stereocenters. The van der Waals surface area contributed by atoms with Gasteiger partial charge in [-0.05, 0) is 67.5 Å². The molecule has 1 aliphatic heterocycles. The Morgan fingerprint density at radius 2 is 1.73 bits per heavy atom. The molecule has 152 valence electrons. The first-order valence-corrected chi connectivity index (χ1v) is 10.5. The van der Waals surface area contributed by atoms with Crippen molar-refractivity contribution in [3.63, 3.8) is 0 Å². The summed E-state index contributed by atoms with van der Waals surface area (Å²) in [6, 6.07) is 14.5. The number of nitrogens with one attached hydrogen (secondary N) is 1. The molecule has 0 aromatic heterocycles. The molecule has 0 unspecified atom stereocenters. The van der Waals surface area contributed by atoms with Gasteiger partial charge >= 0.3 is 0 Å². The molecule has 1 saturated heterocycles. The molecule has 1 saturated carbocycles. The molecule has 2 bridgehead atoms. The van der Waals surface area contributed by atoms with Crippen LogP contribution in [0.4, 0.5) is 11.4 Å². The zero-order valence-corrected chi connectivity index (χ0v) is 17.1. The number of carbonyl (C=O) groups is 3. The van der Waals surface area contributed by atoms with Gasteiger partial charge in [0, 0.05) is 11.3 Å². The van der Waals surface area contributed by atoms with Crippen molar-refractivity contribution in [2.45, 2.75) is 26.7 Å². The van der Waals surface area contributed by atoms with E-state index < -0.39 is 0 Å². The number of anilines is 2. The minimum absolute atomic E-state index is 0.0981. The Bertz CT molecular complexity index is 1090. The molecule has 2 fully saturated rings. The first kappa shape index (κ1) is 18.8. The molecule has 5 nitrogen and oxygen atoms in total. The molecule has 5 heteroatoms. The van der Waals surface area contributed by atoms with Gasteiger partial charge in [0.2, 0.25) is 11.8 Å². The molecule has 2 aromatic carbocycles. The fraction of sp³-hybridized carbons (Fsp3) is 0.320. The van der Waals surface area contributed by atoms with E-state index in [4.69, 9.17) is 0 Å². The lowest BCUT2D eigenvalue weighted by atomic mass is 9.82. The smallest absolute Gasteiger partial charge is 0.255 e. The Hall–Kier alpha value is -3.21. The van der Waals surface area contributed by atoms with Crippen LogP contribution in [0.25, 0.3) is 0 Å². The van der Waals surface area contributed by atoms with Crippen LogP contribution in [0.15, 0.2) is 60.2 Å². The van der Waals surface area contributed by atoms with Crippen molar-refractivity contribution < 1.29 is 14.4 Å². The van der Waals surface area contributed by atoms with Crippen LogP contribution in [-0.4, -0.2) is 17.7 Å². The number of para-hydroxylation sites is 1. The summed E-state index contributed by atoms with van der Waals surface area (Å²) in [5, 5.41) is 2.95. The number of benzene rings is 2. The number of fused-ring (bicyclic) bond motifs is 5. The van der Waals surface area contributed by atoms with E-state index in [1.54, 1.807) is 24.3 Å². The predicted octanol–water partition coefficient (Wildman–Crippen LogP) is 4.20. The number of carbonyl (C=O) groups excluding carboxylic acids is 3. The van der Waals surface area contributed by atoms with Gasteiger partial charge in [0.1, 0.15) is 0 Å². The lowest BCUT2D eigenvalue weighted by molar-refractivity contribution is -0.123. The molecule has 2 aliphatic carbocycles. The van der Waals surface area contributed by atoms with Crippen LogP contribution >= 0.6 is 0 Å². The van der Waals surface area contributed by atoms with Crippen LogP contribution < -0.4 is 10.2 Å². The van der Waals surface area contributed by atoms with Gasteiger partial charge in [-0.2, -0.15) is 0 Å². The summed E-state index contributed by atoms with van der Waals surface area (Å²) in [4.78, 5) is 40.1. The van der Waals surface area contributed by atoms with Gasteiger partial charge < -0.3 is 5.32 Å². The first-order chi connectivity index (χ1) is 14.5. The Balaban J connectivity index is 1.35. The first-order valence-electron chi connectivity index (χ1n) is 10.5. The van der Waals surface area contributed by atoms with Crippen molar-refractivity contribution in [1.29, 1.82) is 0 Å². The number of nitrogens with zero attached hydrogens (tertiary/aromatic N) is 1. The average Bonchev–Trinajstić information content (AvgIpc) is 3.39. The van der Waals surface area contributed by atoms with Gasteiger partial charge in [0.25, 0.3) is 5.91 Å². The van der Waals surface area contributed by atoms with Crippen molar-refractivity contribution in [1.82, 2.24) is 0 Å². The summed E-state index contributed by atoms with van der Waals surface area (Å²) < 4.78 is 0. The number of hydrogen-bond acceptors (Lipinski definition) is 3. The average molecular weight is 400 g/mol. The van der Waals surface area contributed by atoms with Crippen LogP contribution in [0.3, 0.4) is 0 Å². The molecule has 1 N–H and O–H groups in total. The van der Waals surface area contributed by atoms with Gasteiger partial charge in [0.15, 0.2) is 0 Å². The van der Waals surface area contributed by atoms with Crippen molar-refractivity contribution in [2.75, 3.05) is 10.2 Å². The van der Waals surface area contributed by atoms with Gasteiger partial charge in [-0.3, -0.25) is 19.3 Å². The monoisotopic (exact) mass is 400 g/mol. The largest absolute Gasteiger partial charge is 0.322 e. The van der Waals surface area contributed by atoms with Gasteiger partial charge in [-0.25, -0.2) is 0 Å². The van der Waals surface area contributed by atoms with Crippen molar-refractivity contribution in [3.8, 4) is 0 Å². The van der Waals surface area contributed by atoms with Crippen molar-refractivity contribution in [3.05, 3.63) is 71.3 Å². The Kier molecular flexibility index (Phi) is 4.35. The van der Waals surface area contributed by atoms with E-state index in [1.807, 2.05) is 31.2 Å². The van der Waals surface area contributed by atoms with E-state index in [1.165, 1.54) is 10.5 Å². The highest BCUT2D eigenvalue weighted by Gasteiger charge is 2.60. The van der Waals surface area contributed by atoms with Gasteiger partial charge in [0.05, 0.1) is 17.5 Å². The number of hydrogen-bond donors (Lipinski definition) is 1. The van der Waals surface area contributed by atoms with Gasteiger partial charge in [-0.15, -0.1) is 0 Å². The molecular weight excluding hydrogens is 376 g/mol. The second-order valence-corrected chi connectivity index (χ2v) is 8.49. The highest BCUT2D eigenvalue weighted by Crippen LogP contribution is 2.55. The Morgan fingerprint density at radius 3 is 2.47 bits per heavy atom. The number of allylic oxidation sites excluding steroid dienone is 2. The van der Waals surface area contributed by atoms with Crippen LogP contribution in [0.1, 0.15) is 36.2 Å². The van der Waals surface area contributed by atoms with Crippen LogP contribution in [-0.2, 0) is 16.0 Å². The highest BCUT2D eigenvalue weighted by atomic mass is 16.2. The van der Waals surface area contributed by atoms with E-state index in [2.05, 4.69) is 18.3 Å². The molecule has 1 heterocycles. The Labute approximate surface area is 175 Å². The number of rotatable bonds is 4. The third-order valence-corrected chi connectivity index (χ3v) is 6.91. The molecule has 3 amide bonds. The molecule has 3 aliphatic rings. The predicted molar refractivity (Wildman–Crippen MR) is 115 cm³/mol. The zero-order chi connectivity index (χ0) is 21.0. The number of amides is 3. The topological polar surface area (TPSA) is 66.5 Å². The SMILES string of the molecule is CCc1ccccc1NC(=O)c1ccc(N2C(=O)[C@@H]3[C@H](C2=O)[C@@H]2C=C(C)[C@@H]3C2)cc1. The second kappa shape index (κ2) is 6.94. The van der Waals surface area contributed by atoms with Gasteiger partial charge in [-0.1, -0.05) is 36.8 Å². The number of aryl methyl sites for hydroxylation is 1. The minimum atomic E-state index is -0.222. The Morgan fingerprint density at radius 1 is 1.03 bits per heavy atom. The molecule has 30 heavy (non-hydrogen) atoms. The van der Waals surface area contributed by atoms with E-state index in [-0.39, 0.29) is 41.4 Å². The molecule has 5 rings (SSSR count). The van der Waals surface area contributed by atoms with E-state index in [0.717, 1.165) is 24.1 Å². The summed E-state index contributed by atoms with van der Waals surface area (Å²) in [7, 11) is 0. The quantitative estimate of drug-likeness (QED) is 0.618. The fourth-order valence-corrected chi connectivity index (χ4v) is 5.44. The molecular formula is C25H24N2O3. The maximum atomic E-state index is 13.1. The van der Waals surface area contributed by atoms with E-state index in [0.29, 0.717) is 11.3 Å². The third-order valence-electron chi connectivity index (χ3n) is 6.91. The van der Waals surface area contributed by atoms with Crippen molar-refractivity contribution >= 4 is 29.1 Å². The lowest BCUT2D eigenvalue weighted by Crippen LogP contribution is -2.33. The van der Waals surface area contributed by atoms with E-state index in [9.17, 15) is 14.4 Å². The molecule has 0 radical (unpaired) electrons. The maximum absolute atomic E-state index is 13.1. The highest BCUT2D eigenvalue weighted by molar-refractivity contribution is 6.23. The summed E-state index contributed by atoms with van der Waals surface area (Å²) >= 11 is 0. The maximum Gasteiger partial charge on any atom is 0.255 e. The zero-order valence-electron chi connectivity index (χ0n) is 17.1. The summed E-state index contributed by atoms with van der Waals surface area (Å²) in [5.41, 5.74) is 4.14. The summed E-state index contributed by atoms with van der Waals surface area (Å²) in [6.07, 6.45) is 3.92. The molecule has 2 aromatic rings. The second-order valence-electron chi connectivity index (χ2n) is 8.49. The third kappa shape index (κ3) is 2.72. The van der Waals surface area contributed by atoms with Crippen LogP contribution in [0.5, 0.6) is 0 Å². The number of imide groups is 1. The minimum Gasteiger partial charge on any atom is -0.322 e. The fourth-order valence-electron chi connectivity index (χ4n) is 5.44. The molecule has 0 spiro atoms. The lowest BCUT2D eigenvalue weighted by Gasteiger charge is -2.19. The van der Waals surface area contributed by atoms with Crippen molar-refractivity contribution in [2.24, 2.45) is 23.7 Å². The van der Waals surface area contributed by atoms with Crippen LogP contribution in [0.2, 0.25) is 0 Å². The summed E-state index contributed by atoms with van der Waals surface area (Å²) in [5.74, 6) is -0.471. The van der Waals surface area contributed by atoms with E-state index >= 15 is 0 Å². The van der Waals surface area contributed by atoms with Crippen LogP contribution in [0, 0.1) is 23.7 Å². The summed E-state index contributed by atoms with van der Waals surface area (Å²) in [6.45, 7) is 4.10.